The predicted octanol–water partition coefficient (Wildman–Crippen LogP) is 3.95. The Morgan fingerprint density at radius 3 is 2.65 bits per heavy atom. The highest BCUT2D eigenvalue weighted by Crippen LogP contribution is 2.19. The maximum atomic E-state index is 13.6. The first-order chi connectivity index (χ1) is 7.99. The SMILES string of the molecule is Cc1nn(Cc2ccc(Cl)cc2F)c(C)c1I. The van der Waals surface area contributed by atoms with Gasteiger partial charge in [0, 0.05) is 16.3 Å². The fourth-order valence-electron chi connectivity index (χ4n) is 1.64. The van der Waals surface area contributed by atoms with E-state index in [4.69, 9.17) is 11.6 Å². The molecule has 1 aromatic carbocycles. The zero-order valence-corrected chi connectivity index (χ0v) is 12.4. The molecule has 0 saturated carbocycles. The summed E-state index contributed by atoms with van der Waals surface area (Å²) in [5.74, 6) is -0.292. The van der Waals surface area contributed by atoms with Gasteiger partial charge in [-0.15, -0.1) is 0 Å². The molecular weight excluding hydrogens is 354 g/mol. The van der Waals surface area contributed by atoms with Crippen LogP contribution in [-0.4, -0.2) is 9.78 Å². The standard InChI is InChI=1S/C12H11ClFIN2/c1-7-12(15)8(2)17(16-7)6-9-3-4-10(13)5-11(9)14/h3-5H,6H2,1-2H3. The van der Waals surface area contributed by atoms with Crippen molar-refractivity contribution in [1.29, 1.82) is 0 Å². The maximum absolute atomic E-state index is 13.6. The maximum Gasteiger partial charge on any atom is 0.129 e. The molecule has 2 nitrogen and oxygen atoms in total. The van der Waals surface area contributed by atoms with Gasteiger partial charge in [0.2, 0.25) is 0 Å². The van der Waals surface area contributed by atoms with Crippen LogP contribution in [0.4, 0.5) is 4.39 Å². The van der Waals surface area contributed by atoms with Crippen LogP contribution in [0.2, 0.25) is 5.02 Å². The van der Waals surface area contributed by atoms with Crippen LogP contribution in [0.3, 0.4) is 0 Å². The Bertz CT molecular complexity index is 566. The third-order valence-corrected chi connectivity index (χ3v) is 4.42. The topological polar surface area (TPSA) is 17.8 Å². The van der Waals surface area contributed by atoms with Gasteiger partial charge < -0.3 is 0 Å². The quantitative estimate of drug-likeness (QED) is 0.738. The summed E-state index contributed by atoms with van der Waals surface area (Å²) in [5, 5.41) is 4.79. The lowest BCUT2D eigenvalue weighted by Gasteiger charge is -2.06. The van der Waals surface area contributed by atoms with Crippen molar-refractivity contribution in [2.75, 3.05) is 0 Å². The number of rotatable bonds is 2. The van der Waals surface area contributed by atoms with Gasteiger partial charge in [-0.2, -0.15) is 5.10 Å². The summed E-state index contributed by atoms with van der Waals surface area (Å²) in [6.07, 6.45) is 0. The van der Waals surface area contributed by atoms with Crippen LogP contribution in [-0.2, 0) is 6.54 Å². The molecule has 0 fully saturated rings. The number of benzene rings is 1. The summed E-state index contributed by atoms with van der Waals surface area (Å²) >= 11 is 7.97. The molecule has 1 heterocycles. The minimum absolute atomic E-state index is 0.292. The molecule has 0 unspecified atom stereocenters. The Hall–Kier alpha value is -0.620. The molecule has 1 aromatic heterocycles. The van der Waals surface area contributed by atoms with E-state index in [-0.39, 0.29) is 5.82 Å². The molecule has 0 N–H and O–H groups in total. The smallest absolute Gasteiger partial charge is 0.129 e. The van der Waals surface area contributed by atoms with Crippen molar-refractivity contribution in [2.45, 2.75) is 20.4 Å². The summed E-state index contributed by atoms with van der Waals surface area (Å²) in [7, 11) is 0. The van der Waals surface area contributed by atoms with Crippen molar-refractivity contribution >= 4 is 34.2 Å². The number of halogens is 3. The van der Waals surface area contributed by atoms with E-state index in [1.165, 1.54) is 6.07 Å². The molecule has 0 aliphatic rings. The van der Waals surface area contributed by atoms with Crippen LogP contribution in [0.5, 0.6) is 0 Å². The lowest BCUT2D eigenvalue weighted by atomic mass is 10.2. The Balaban J connectivity index is 2.34. The van der Waals surface area contributed by atoms with E-state index in [1.54, 1.807) is 12.1 Å². The summed E-state index contributed by atoms with van der Waals surface area (Å²) in [6.45, 7) is 4.36. The van der Waals surface area contributed by atoms with Gasteiger partial charge in [0.25, 0.3) is 0 Å². The first-order valence-corrected chi connectivity index (χ1v) is 6.58. The molecule has 0 bridgehead atoms. The van der Waals surface area contributed by atoms with E-state index in [2.05, 4.69) is 27.7 Å². The van der Waals surface area contributed by atoms with E-state index in [0.29, 0.717) is 17.1 Å². The molecule has 0 amide bonds. The van der Waals surface area contributed by atoms with Gasteiger partial charge in [0.05, 0.1) is 15.8 Å². The molecule has 0 saturated heterocycles. The van der Waals surface area contributed by atoms with Gasteiger partial charge in [-0.25, -0.2) is 4.39 Å². The fraction of sp³-hybridized carbons (Fsp3) is 0.250. The van der Waals surface area contributed by atoms with E-state index >= 15 is 0 Å². The monoisotopic (exact) mass is 364 g/mol. The van der Waals surface area contributed by atoms with Crippen LogP contribution in [0, 0.1) is 23.2 Å². The summed E-state index contributed by atoms with van der Waals surface area (Å²) in [4.78, 5) is 0. The normalized spacial score (nSPS) is 10.9. The third-order valence-electron chi connectivity index (χ3n) is 2.63. The van der Waals surface area contributed by atoms with E-state index < -0.39 is 0 Å². The van der Waals surface area contributed by atoms with Gasteiger partial charge in [-0.3, -0.25) is 4.68 Å². The summed E-state index contributed by atoms with van der Waals surface area (Å²) in [6, 6.07) is 4.71. The first-order valence-electron chi connectivity index (χ1n) is 5.12. The van der Waals surface area contributed by atoms with E-state index in [1.807, 2.05) is 18.5 Å². The molecule has 90 valence electrons. The lowest BCUT2D eigenvalue weighted by Crippen LogP contribution is -2.05. The highest BCUT2D eigenvalue weighted by atomic mass is 127. The number of hydrogen-bond donors (Lipinski definition) is 0. The molecule has 2 rings (SSSR count). The average molecular weight is 365 g/mol. The van der Waals surface area contributed by atoms with Gasteiger partial charge in [0.15, 0.2) is 0 Å². The Labute approximate surface area is 118 Å². The molecule has 0 aliphatic carbocycles. The Morgan fingerprint density at radius 1 is 1.41 bits per heavy atom. The van der Waals surface area contributed by atoms with Crippen LogP contribution in [0.15, 0.2) is 18.2 Å². The number of aromatic nitrogens is 2. The largest absolute Gasteiger partial charge is 0.264 e. The highest BCUT2D eigenvalue weighted by Gasteiger charge is 2.11. The van der Waals surface area contributed by atoms with Crippen molar-refractivity contribution < 1.29 is 4.39 Å². The van der Waals surface area contributed by atoms with Gasteiger partial charge >= 0.3 is 0 Å². The molecule has 0 radical (unpaired) electrons. The molecule has 0 spiro atoms. The van der Waals surface area contributed by atoms with E-state index in [0.717, 1.165) is 15.0 Å². The Morgan fingerprint density at radius 2 is 2.12 bits per heavy atom. The number of aryl methyl sites for hydroxylation is 1. The van der Waals surface area contributed by atoms with Crippen LogP contribution >= 0.6 is 34.2 Å². The number of nitrogens with zero attached hydrogens (tertiary/aromatic N) is 2. The minimum atomic E-state index is -0.292. The van der Waals surface area contributed by atoms with Crippen molar-refractivity contribution in [1.82, 2.24) is 9.78 Å². The van der Waals surface area contributed by atoms with E-state index in [9.17, 15) is 4.39 Å². The number of hydrogen-bond acceptors (Lipinski definition) is 1. The van der Waals surface area contributed by atoms with Gasteiger partial charge in [-0.05, 0) is 48.6 Å². The zero-order chi connectivity index (χ0) is 12.6. The lowest BCUT2D eigenvalue weighted by molar-refractivity contribution is 0.578. The first kappa shape index (κ1) is 12.8. The molecule has 0 atom stereocenters. The highest BCUT2D eigenvalue weighted by molar-refractivity contribution is 14.1. The Kier molecular flexibility index (Phi) is 3.73. The minimum Gasteiger partial charge on any atom is -0.264 e. The summed E-state index contributed by atoms with van der Waals surface area (Å²) < 4.78 is 16.6. The molecule has 5 heteroatoms. The van der Waals surface area contributed by atoms with Crippen LogP contribution in [0.25, 0.3) is 0 Å². The molecule has 2 aromatic rings. The summed E-state index contributed by atoms with van der Waals surface area (Å²) in [5.41, 5.74) is 2.62. The van der Waals surface area contributed by atoms with Crippen molar-refractivity contribution in [2.24, 2.45) is 0 Å². The molecular formula is C12H11ClFIN2. The van der Waals surface area contributed by atoms with Crippen molar-refractivity contribution in [3.05, 3.63) is 49.6 Å². The zero-order valence-electron chi connectivity index (χ0n) is 9.47. The second kappa shape index (κ2) is 4.94. The second-order valence-corrected chi connectivity index (χ2v) is 5.39. The van der Waals surface area contributed by atoms with Crippen molar-refractivity contribution in [3.63, 3.8) is 0 Å². The third kappa shape index (κ3) is 2.63. The van der Waals surface area contributed by atoms with Crippen LogP contribution < -0.4 is 0 Å². The fourth-order valence-corrected chi connectivity index (χ4v) is 2.19. The molecule has 17 heavy (non-hydrogen) atoms. The van der Waals surface area contributed by atoms with Gasteiger partial charge in [0.1, 0.15) is 5.82 Å². The predicted molar refractivity (Wildman–Crippen MR) is 74.9 cm³/mol. The van der Waals surface area contributed by atoms with Gasteiger partial charge in [-0.1, -0.05) is 17.7 Å². The van der Waals surface area contributed by atoms with Crippen molar-refractivity contribution in [3.8, 4) is 0 Å². The second-order valence-electron chi connectivity index (χ2n) is 3.88. The van der Waals surface area contributed by atoms with Crippen LogP contribution in [0.1, 0.15) is 17.0 Å². The average Bonchev–Trinajstić information content (AvgIpc) is 2.50. The molecule has 0 aliphatic heterocycles.